The van der Waals surface area contributed by atoms with Gasteiger partial charge in [0, 0.05) is 6.07 Å². The third kappa shape index (κ3) is 1.51. The smallest absolute Gasteiger partial charge is 0.207 e. The minimum absolute atomic E-state index is 0.982. The van der Waals surface area contributed by atoms with E-state index in [-0.39, 0.29) is 0 Å². The summed E-state index contributed by atoms with van der Waals surface area (Å²) in [6.07, 6.45) is 2.18. The van der Waals surface area contributed by atoms with E-state index in [1.807, 2.05) is 6.07 Å². The SMILES string of the molecule is Cc1c2c([o+]c3ccccc13)-c1ccccc1CC2. The first kappa shape index (κ1) is 10.7. The molecule has 0 atom stereocenters. The molecule has 1 aromatic heterocycles. The molecule has 19 heavy (non-hydrogen) atoms. The zero-order valence-corrected chi connectivity index (χ0v) is 10.9. The summed E-state index contributed by atoms with van der Waals surface area (Å²) >= 11 is 0. The van der Waals surface area contributed by atoms with Gasteiger partial charge in [0.05, 0.1) is 16.5 Å². The molecule has 0 saturated carbocycles. The van der Waals surface area contributed by atoms with Gasteiger partial charge in [-0.15, -0.1) is 0 Å². The van der Waals surface area contributed by atoms with Gasteiger partial charge in [0.2, 0.25) is 0 Å². The lowest BCUT2D eigenvalue weighted by atomic mass is 9.87. The Bertz CT molecular complexity index is 787. The van der Waals surface area contributed by atoms with Gasteiger partial charge < -0.3 is 0 Å². The highest BCUT2D eigenvalue weighted by atomic mass is 16.3. The maximum atomic E-state index is 6.19. The first-order valence-electron chi connectivity index (χ1n) is 6.77. The van der Waals surface area contributed by atoms with Crippen LogP contribution in [0.25, 0.3) is 22.3 Å². The molecule has 1 heteroatoms. The van der Waals surface area contributed by atoms with Crippen molar-refractivity contribution >= 4 is 11.0 Å². The van der Waals surface area contributed by atoms with Gasteiger partial charge in [-0.25, -0.2) is 4.42 Å². The van der Waals surface area contributed by atoms with Crippen LogP contribution in [0.4, 0.5) is 0 Å². The highest BCUT2D eigenvalue weighted by molar-refractivity contribution is 5.85. The summed E-state index contributed by atoms with van der Waals surface area (Å²) in [5.74, 6) is 1.07. The second-order valence-electron chi connectivity index (χ2n) is 5.19. The Morgan fingerprint density at radius 1 is 0.895 bits per heavy atom. The van der Waals surface area contributed by atoms with Gasteiger partial charge in [-0.3, -0.25) is 0 Å². The lowest BCUT2D eigenvalue weighted by molar-refractivity contribution is 0.603. The van der Waals surface area contributed by atoms with Crippen LogP contribution < -0.4 is 0 Å². The maximum absolute atomic E-state index is 6.19. The molecule has 0 amide bonds. The number of aryl methyl sites for hydroxylation is 2. The Hall–Kier alpha value is -2.15. The lowest BCUT2D eigenvalue weighted by Gasteiger charge is -2.14. The predicted octanol–water partition coefficient (Wildman–Crippen LogP) is 4.79. The number of rotatable bonds is 0. The summed E-state index contributed by atoms with van der Waals surface area (Å²) in [5.41, 5.74) is 6.38. The van der Waals surface area contributed by atoms with Crippen molar-refractivity contribution in [2.75, 3.05) is 0 Å². The van der Waals surface area contributed by atoms with Crippen molar-refractivity contribution in [1.29, 1.82) is 0 Å². The molecule has 1 heterocycles. The molecule has 0 radical (unpaired) electrons. The molecule has 1 nitrogen and oxygen atoms in total. The molecule has 0 saturated heterocycles. The fourth-order valence-electron chi connectivity index (χ4n) is 3.11. The molecule has 1 aliphatic carbocycles. The lowest BCUT2D eigenvalue weighted by Crippen LogP contribution is -2.06. The van der Waals surface area contributed by atoms with Crippen molar-refractivity contribution in [2.24, 2.45) is 0 Å². The molecule has 0 fully saturated rings. The molecular weight excluding hydrogens is 232 g/mol. The average Bonchev–Trinajstić information content (AvgIpc) is 2.47. The number of hydrogen-bond acceptors (Lipinski definition) is 0. The van der Waals surface area contributed by atoms with Gasteiger partial charge in [0.25, 0.3) is 0 Å². The molecule has 0 spiro atoms. The average molecular weight is 247 g/mol. The summed E-state index contributed by atoms with van der Waals surface area (Å²) < 4.78 is 6.19. The fourth-order valence-corrected chi connectivity index (χ4v) is 3.11. The van der Waals surface area contributed by atoms with Crippen molar-refractivity contribution < 1.29 is 4.42 Å². The van der Waals surface area contributed by atoms with Crippen LogP contribution in [0.1, 0.15) is 16.7 Å². The van der Waals surface area contributed by atoms with E-state index in [0.717, 1.165) is 24.2 Å². The molecule has 4 rings (SSSR count). The quantitative estimate of drug-likeness (QED) is 0.520. The molecule has 3 aromatic rings. The molecule has 0 aliphatic heterocycles. The van der Waals surface area contributed by atoms with Gasteiger partial charge in [-0.05, 0) is 43.0 Å². The second kappa shape index (κ2) is 3.92. The normalized spacial score (nSPS) is 13.1. The number of fused-ring (bicyclic) bond motifs is 4. The van der Waals surface area contributed by atoms with E-state index in [9.17, 15) is 0 Å². The van der Waals surface area contributed by atoms with E-state index in [0.29, 0.717) is 0 Å². The van der Waals surface area contributed by atoms with Crippen LogP contribution in [-0.4, -0.2) is 0 Å². The van der Waals surface area contributed by atoms with Crippen molar-refractivity contribution in [3.63, 3.8) is 0 Å². The van der Waals surface area contributed by atoms with Gasteiger partial charge in [0.1, 0.15) is 0 Å². The standard InChI is InChI=1S/C18H15O/c1-12-14-7-4-5-9-17(14)19-18-15(12)11-10-13-6-2-3-8-16(13)18/h2-9H,10-11H2,1H3/q+1. The van der Waals surface area contributed by atoms with Crippen molar-refractivity contribution in [3.05, 3.63) is 65.2 Å². The zero-order valence-electron chi connectivity index (χ0n) is 10.9. The predicted molar refractivity (Wildman–Crippen MR) is 78.2 cm³/mol. The summed E-state index contributed by atoms with van der Waals surface area (Å²) in [5, 5.41) is 1.24. The monoisotopic (exact) mass is 247 g/mol. The maximum Gasteiger partial charge on any atom is 0.364 e. The third-order valence-electron chi connectivity index (χ3n) is 4.14. The highest BCUT2D eigenvalue weighted by Gasteiger charge is 2.29. The summed E-state index contributed by atoms with van der Waals surface area (Å²) in [4.78, 5) is 0. The largest absolute Gasteiger partial charge is 0.364 e. The molecule has 2 aromatic carbocycles. The van der Waals surface area contributed by atoms with Gasteiger partial charge in [0.15, 0.2) is 0 Å². The minimum atomic E-state index is 0.982. The molecule has 0 N–H and O–H groups in total. The molecular formula is C18H15O+. The fraction of sp³-hybridized carbons (Fsp3) is 0.167. The van der Waals surface area contributed by atoms with E-state index in [1.54, 1.807) is 0 Å². The van der Waals surface area contributed by atoms with Gasteiger partial charge >= 0.3 is 11.3 Å². The molecule has 0 unspecified atom stereocenters. The van der Waals surface area contributed by atoms with Gasteiger partial charge in [-0.1, -0.05) is 30.3 Å². The van der Waals surface area contributed by atoms with Crippen LogP contribution >= 0.6 is 0 Å². The van der Waals surface area contributed by atoms with Gasteiger partial charge in [-0.2, -0.15) is 0 Å². The number of hydrogen-bond donors (Lipinski definition) is 0. The number of benzene rings is 2. The van der Waals surface area contributed by atoms with E-state index >= 15 is 0 Å². The highest BCUT2D eigenvalue weighted by Crippen LogP contribution is 2.38. The van der Waals surface area contributed by atoms with Crippen LogP contribution in [0, 0.1) is 6.92 Å². The Balaban J connectivity index is 2.11. The van der Waals surface area contributed by atoms with Crippen molar-refractivity contribution in [3.8, 4) is 11.3 Å². The summed E-state index contributed by atoms with van der Waals surface area (Å²) in [6, 6.07) is 16.9. The summed E-state index contributed by atoms with van der Waals surface area (Å²) in [7, 11) is 0. The molecule has 1 aliphatic rings. The summed E-state index contributed by atoms with van der Waals surface area (Å²) in [6.45, 7) is 2.21. The van der Waals surface area contributed by atoms with Crippen LogP contribution in [0.15, 0.2) is 52.9 Å². The first-order chi connectivity index (χ1) is 9.34. The van der Waals surface area contributed by atoms with Crippen LogP contribution in [-0.2, 0) is 12.8 Å². The Labute approximate surface area is 112 Å². The topological polar surface area (TPSA) is 11.3 Å². The Kier molecular flexibility index (Phi) is 2.22. The van der Waals surface area contributed by atoms with Crippen LogP contribution in [0.2, 0.25) is 0 Å². The molecule has 0 bridgehead atoms. The first-order valence-corrected chi connectivity index (χ1v) is 6.77. The second-order valence-corrected chi connectivity index (χ2v) is 5.19. The zero-order chi connectivity index (χ0) is 12.8. The minimum Gasteiger partial charge on any atom is -0.207 e. The van der Waals surface area contributed by atoms with E-state index in [1.165, 1.54) is 27.6 Å². The van der Waals surface area contributed by atoms with E-state index in [4.69, 9.17) is 4.42 Å². The number of para-hydroxylation sites is 1. The van der Waals surface area contributed by atoms with E-state index < -0.39 is 0 Å². The van der Waals surface area contributed by atoms with Crippen molar-refractivity contribution in [2.45, 2.75) is 19.8 Å². The van der Waals surface area contributed by atoms with Crippen molar-refractivity contribution in [1.82, 2.24) is 0 Å². The van der Waals surface area contributed by atoms with E-state index in [2.05, 4.69) is 49.4 Å². The third-order valence-corrected chi connectivity index (χ3v) is 4.14. The Morgan fingerprint density at radius 3 is 2.63 bits per heavy atom. The Morgan fingerprint density at radius 2 is 1.68 bits per heavy atom. The molecule has 92 valence electrons. The van der Waals surface area contributed by atoms with Crippen LogP contribution in [0.3, 0.4) is 0 Å². The van der Waals surface area contributed by atoms with Crippen LogP contribution in [0.5, 0.6) is 0 Å².